The third-order valence-corrected chi connectivity index (χ3v) is 7.54. The number of allylic oxidation sites excluding steroid dienone is 5. The van der Waals surface area contributed by atoms with Crippen LogP contribution in [0.25, 0.3) is 5.57 Å². The normalized spacial score (nSPS) is 12.6. The molecule has 5 heteroatoms. The van der Waals surface area contributed by atoms with Crippen LogP contribution in [0.5, 0.6) is 0 Å². The quantitative estimate of drug-likeness (QED) is 0.121. The van der Waals surface area contributed by atoms with Gasteiger partial charge in [0.1, 0.15) is 13.1 Å². The Morgan fingerprint density at radius 3 is 1.80 bits per heavy atom. The van der Waals surface area contributed by atoms with Crippen molar-refractivity contribution in [2.24, 2.45) is 0 Å². The van der Waals surface area contributed by atoms with E-state index in [9.17, 15) is 10.1 Å². The summed E-state index contributed by atoms with van der Waals surface area (Å²) in [4.78, 5) is 14.3. The van der Waals surface area contributed by atoms with E-state index in [0.717, 1.165) is 42.9 Å². The van der Waals surface area contributed by atoms with Gasteiger partial charge in [0.05, 0.1) is 10.5 Å². The van der Waals surface area contributed by atoms with Gasteiger partial charge in [-0.1, -0.05) is 77.6 Å². The van der Waals surface area contributed by atoms with Crippen LogP contribution in [0.2, 0.25) is 0 Å². The zero-order chi connectivity index (χ0) is 28.7. The Bertz CT molecular complexity index is 1190. The van der Waals surface area contributed by atoms with Crippen LogP contribution in [0.15, 0.2) is 78.4 Å². The molecule has 0 saturated heterocycles. The van der Waals surface area contributed by atoms with Crippen LogP contribution in [0.4, 0.5) is 11.4 Å². The van der Waals surface area contributed by atoms with Crippen LogP contribution in [0.1, 0.15) is 90.2 Å². The van der Waals surface area contributed by atoms with Crippen molar-refractivity contribution < 1.29 is 9.50 Å². The van der Waals surface area contributed by atoms with Gasteiger partial charge in [0.15, 0.2) is 5.71 Å². The summed E-state index contributed by atoms with van der Waals surface area (Å²) in [6.45, 7) is 13.1. The Kier molecular flexibility index (Phi) is 12.9. The first-order valence-electron chi connectivity index (χ1n) is 15.3. The van der Waals surface area contributed by atoms with Gasteiger partial charge in [-0.25, -0.2) is 4.58 Å². The Balaban J connectivity index is 2.08. The van der Waals surface area contributed by atoms with Gasteiger partial charge in [-0.15, -0.1) is 0 Å². The first-order valence-corrected chi connectivity index (χ1v) is 15.3. The minimum absolute atomic E-state index is 0.130. The molecular formula is C35H48N3O2+. The van der Waals surface area contributed by atoms with Crippen molar-refractivity contribution in [1.29, 1.82) is 0 Å². The molecular weight excluding hydrogens is 494 g/mol. The molecule has 40 heavy (non-hydrogen) atoms. The zero-order valence-electron chi connectivity index (χ0n) is 25.1. The van der Waals surface area contributed by atoms with E-state index in [2.05, 4.69) is 85.7 Å². The lowest BCUT2D eigenvalue weighted by molar-refractivity contribution is -0.527. The number of hydrogen-bond acceptors (Lipinski definition) is 3. The van der Waals surface area contributed by atoms with Gasteiger partial charge in [0.25, 0.3) is 5.69 Å². The number of unbranched alkanes of at least 4 members (excludes halogenated alkanes) is 4. The van der Waals surface area contributed by atoms with E-state index in [1.54, 1.807) is 12.1 Å². The van der Waals surface area contributed by atoms with Gasteiger partial charge >= 0.3 is 0 Å². The lowest BCUT2D eigenvalue weighted by Gasteiger charge is -2.25. The highest BCUT2D eigenvalue weighted by Crippen LogP contribution is 2.36. The standard InChI is InChI=1S/C35H48N3O2/c1-5-9-25-36(26-10-6-2)31-21-17-29(18-22-31)35(33-15-13-14-16-34(33)38(39)40)30-19-23-32(24-20-30)37(27-11-7-3)28-12-8-4/h13-24H,5-12,25-28H2,1-4H3/q+1. The lowest BCUT2D eigenvalue weighted by Crippen LogP contribution is -2.25. The summed E-state index contributed by atoms with van der Waals surface area (Å²) in [6, 6.07) is 15.7. The average molecular weight is 543 g/mol. The highest BCUT2D eigenvalue weighted by molar-refractivity contribution is 6.04. The molecule has 0 unspecified atom stereocenters. The molecule has 0 heterocycles. The smallest absolute Gasteiger partial charge is 0.277 e. The summed E-state index contributed by atoms with van der Waals surface area (Å²) in [7, 11) is 0. The molecule has 3 rings (SSSR count). The van der Waals surface area contributed by atoms with Gasteiger partial charge < -0.3 is 4.90 Å². The van der Waals surface area contributed by atoms with E-state index in [0.29, 0.717) is 5.56 Å². The summed E-state index contributed by atoms with van der Waals surface area (Å²) < 4.78 is 2.47. The molecule has 0 aromatic heterocycles. The number of nitrogens with zero attached hydrogens (tertiary/aromatic N) is 3. The molecule has 0 fully saturated rings. The number of hydrogen-bond donors (Lipinski definition) is 0. The molecule has 0 N–H and O–H groups in total. The fourth-order valence-corrected chi connectivity index (χ4v) is 5.14. The predicted octanol–water partition coefficient (Wildman–Crippen LogP) is 8.98. The van der Waals surface area contributed by atoms with Crippen LogP contribution < -0.4 is 4.90 Å². The molecule has 1 aliphatic rings. The summed E-state index contributed by atoms with van der Waals surface area (Å²) >= 11 is 0. The molecule has 0 atom stereocenters. The van der Waals surface area contributed by atoms with Crippen LogP contribution in [-0.4, -0.2) is 41.4 Å². The molecule has 0 amide bonds. The summed E-state index contributed by atoms with van der Waals surface area (Å²) in [5.41, 5.74) is 6.08. The SMILES string of the molecule is CCCCN(CCCC)c1ccc(C(=C2C=CC(=[N+](CCCC)CCCC)C=C2)c2ccccc2[N+](=O)[O-])cc1. The predicted molar refractivity (Wildman–Crippen MR) is 171 cm³/mol. The average Bonchev–Trinajstić information content (AvgIpc) is 2.98. The maximum atomic E-state index is 12.1. The molecule has 1 aliphatic carbocycles. The number of para-hydroxylation sites is 1. The van der Waals surface area contributed by atoms with Crippen molar-refractivity contribution in [2.45, 2.75) is 79.1 Å². The second-order valence-electron chi connectivity index (χ2n) is 10.6. The summed E-state index contributed by atoms with van der Waals surface area (Å²) in [6.07, 6.45) is 18.0. The topological polar surface area (TPSA) is 49.4 Å². The number of benzene rings is 2. The van der Waals surface area contributed by atoms with E-state index in [-0.39, 0.29) is 10.6 Å². The van der Waals surface area contributed by atoms with Crippen LogP contribution in [0.3, 0.4) is 0 Å². The van der Waals surface area contributed by atoms with Gasteiger partial charge in [-0.3, -0.25) is 10.1 Å². The van der Waals surface area contributed by atoms with Crippen LogP contribution >= 0.6 is 0 Å². The van der Waals surface area contributed by atoms with Crippen molar-refractivity contribution in [3.05, 3.63) is 99.6 Å². The number of nitro benzene ring substituents is 1. The molecule has 0 radical (unpaired) electrons. The maximum absolute atomic E-state index is 12.1. The van der Waals surface area contributed by atoms with Gasteiger partial charge in [0, 0.05) is 55.4 Å². The third-order valence-electron chi connectivity index (χ3n) is 7.54. The first kappa shape index (κ1) is 31.1. The molecule has 214 valence electrons. The molecule has 5 nitrogen and oxygen atoms in total. The van der Waals surface area contributed by atoms with Crippen molar-refractivity contribution in [2.75, 3.05) is 31.1 Å². The van der Waals surface area contributed by atoms with E-state index < -0.39 is 0 Å². The highest BCUT2D eigenvalue weighted by atomic mass is 16.6. The molecule has 0 spiro atoms. The van der Waals surface area contributed by atoms with E-state index in [4.69, 9.17) is 0 Å². The Labute approximate surface area is 241 Å². The third kappa shape index (κ3) is 8.51. The van der Waals surface area contributed by atoms with Crippen molar-refractivity contribution in [1.82, 2.24) is 0 Å². The van der Waals surface area contributed by atoms with E-state index in [1.807, 2.05) is 12.1 Å². The largest absolute Gasteiger partial charge is 0.372 e. The Morgan fingerprint density at radius 1 is 0.725 bits per heavy atom. The lowest BCUT2D eigenvalue weighted by atomic mass is 9.89. The van der Waals surface area contributed by atoms with Gasteiger partial charge in [-0.05, 0) is 54.3 Å². The highest BCUT2D eigenvalue weighted by Gasteiger charge is 2.22. The second-order valence-corrected chi connectivity index (χ2v) is 10.6. The fourth-order valence-electron chi connectivity index (χ4n) is 5.14. The molecule has 0 aliphatic heterocycles. The summed E-state index contributed by atoms with van der Waals surface area (Å²) in [5, 5.41) is 12.1. The van der Waals surface area contributed by atoms with Crippen molar-refractivity contribution >= 4 is 22.7 Å². The van der Waals surface area contributed by atoms with Crippen molar-refractivity contribution in [3.63, 3.8) is 0 Å². The monoisotopic (exact) mass is 542 g/mol. The number of anilines is 1. The second kappa shape index (κ2) is 16.6. The summed E-state index contributed by atoms with van der Waals surface area (Å²) in [5.74, 6) is 0. The van der Waals surface area contributed by atoms with Gasteiger partial charge in [0.2, 0.25) is 0 Å². The molecule has 2 aromatic carbocycles. The molecule has 0 saturated carbocycles. The number of nitro groups is 1. The number of rotatable bonds is 16. The first-order chi connectivity index (χ1) is 19.5. The van der Waals surface area contributed by atoms with Crippen LogP contribution in [-0.2, 0) is 0 Å². The van der Waals surface area contributed by atoms with E-state index in [1.165, 1.54) is 62.8 Å². The minimum Gasteiger partial charge on any atom is -0.372 e. The Morgan fingerprint density at radius 2 is 1.27 bits per heavy atom. The Hall–Kier alpha value is -3.47. The molecule has 0 bridgehead atoms. The van der Waals surface area contributed by atoms with Gasteiger partial charge in [-0.2, -0.15) is 0 Å². The van der Waals surface area contributed by atoms with E-state index >= 15 is 0 Å². The maximum Gasteiger partial charge on any atom is 0.277 e. The zero-order valence-corrected chi connectivity index (χ0v) is 25.1. The fraction of sp³-hybridized carbons (Fsp3) is 0.457. The van der Waals surface area contributed by atoms with Crippen LogP contribution in [0, 0.1) is 10.1 Å². The minimum atomic E-state index is -0.271. The molecule has 2 aromatic rings. The van der Waals surface area contributed by atoms with Crippen molar-refractivity contribution in [3.8, 4) is 0 Å².